The molecule has 2 aliphatic carbocycles. The minimum absolute atomic E-state index is 0.0511. The summed E-state index contributed by atoms with van der Waals surface area (Å²) in [5, 5.41) is 6.83. The fourth-order valence-electron chi connectivity index (χ4n) is 4.55. The zero-order valence-electron chi connectivity index (χ0n) is 12.9. The molecular formula is C18H18N4O. The predicted octanol–water partition coefficient (Wildman–Crippen LogP) is 2.84. The van der Waals surface area contributed by atoms with Gasteiger partial charge in [-0.05, 0) is 24.8 Å². The maximum absolute atomic E-state index is 13.2. The van der Waals surface area contributed by atoms with E-state index in [9.17, 15) is 4.79 Å². The fraction of sp³-hybridized carbons (Fsp3) is 0.389. The highest BCUT2D eigenvalue weighted by molar-refractivity contribution is 5.72. The molecule has 0 atom stereocenters. The third kappa shape index (κ3) is 1.70. The van der Waals surface area contributed by atoms with Gasteiger partial charge in [0, 0.05) is 11.0 Å². The summed E-state index contributed by atoms with van der Waals surface area (Å²) < 4.78 is 1.56. The summed E-state index contributed by atoms with van der Waals surface area (Å²) in [6.45, 7) is 0. The number of nitrogens with zero attached hydrogens (tertiary/aromatic N) is 3. The Morgan fingerprint density at radius 3 is 2.83 bits per heavy atom. The number of nitrogens with one attached hydrogen (secondary N) is 1. The highest BCUT2D eigenvalue weighted by atomic mass is 16.1. The Bertz CT molecular complexity index is 963. The Morgan fingerprint density at radius 2 is 1.96 bits per heavy atom. The normalized spacial score (nSPS) is 18.8. The van der Waals surface area contributed by atoms with Gasteiger partial charge >= 0.3 is 0 Å². The monoisotopic (exact) mass is 306 g/mol. The van der Waals surface area contributed by atoms with Crippen molar-refractivity contribution >= 4 is 5.78 Å². The first-order chi connectivity index (χ1) is 11.3. The van der Waals surface area contributed by atoms with E-state index in [0.717, 1.165) is 36.1 Å². The van der Waals surface area contributed by atoms with Gasteiger partial charge in [0.25, 0.3) is 5.56 Å². The third-order valence-corrected chi connectivity index (χ3v) is 5.60. The summed E-state index contributed by atoms with van der Waals surface area (Å²) >= 11 is 0. The number of H-pyrrole nitrogens is 1. The van der Waals surface area contributed by atoms with Gasteiger partial charge in [-0.25, -0.2) is 14.5 Å². The van der Waals surface area contributed by atoms with Crippen molar-refractivity contribution in [2.24, 2.45) is 0 Å². The molecule has 2 aromatic heterocycles. The van der Waals surface area contributed by atoms with E-state index in [1.807, 2.05) is 6.07 Å². The smallest absolute Gasteiger partial charge is 0.264 e. The second kappa shape index (κ2) is 4.54. The first-order valence-corrected chi connectivity index (χ1v) is 8.33. The van der Waals surface area contributed by atoms with E-state index < -0.39 is 0 Å². The van der Waals surface area contributed by atoms with E-state index >= 15 is 0 Å². The van der Waals surface area contributed by atoms with E-state index in [1.54, 1.807) is 10.7 Å². The van der Waals surface area contributed by atoms with Crippen LogP contribution < -0.4 is 5.56 Å². The van der Waals surface area contributed by atoms with Gasteiger partial charge in [-0.3, -0.25) is 4.79 Å². The Kier molecular flexibility index (Phi) is 2.57. The van der Waals surface area contributed by atoms with Gasteiger partial charge in [-0.2, -0.15) is 5.10 Å². The van der Waals surface area contributed by atoms with Crippen LogP contribution in [0.25, 0.3) is 17.0 Å². The van der Waals surface area contributed by atoms with Crippen LogP contribution in [0.2, 0.25) is 0 Å². The summed E-state index contributed by atoms with van der Waals surface area (Å²) in [5.74, 6) is 0.524. The van der Waals surface area contributed by atoms with Crippen molar-refractivity contribution in [3.63, 3.8) is 0 Å². The molecule has 2 aliphatic rings. The lowest BCUT2D eigenvalue weighted by Gasteiger charge is -2.41. The molecule has 2 heterocycles. The van der Waals surface area contributed by atoms with Crippen molar-refractivity contribution in [1.82, 2.24) is 19.6 Å². The van der Waals surface area contributed by atoms with Crippen LogP contribution >= 0.6 is 0 Å². The minimum atomic E-state index is -0.0511. The summed E-state index contributed by atoms with van der Waals surface area (Å²) in [6.07, 6.45) is 8.30. The Morgan fingerprint density at radius 1 is 1.13 bits per heavy atom. The molecular weight excluding hydrogens is 288 g/mol. The SMILES string of the molecule is O=c1c2c(nc3[nH]ncn13)-c1ccccc1CC21CCCCC1. The molecule has 5 rings (SSSR count). The molecule has 0 radical (unpaired) electrons. The average molecular weight is 306 g/mol. The van der Waals surface area contributed by atoms with Crippen molar-refractivity contribution in [2.45, 2.75) is 43.9 Å². The van der Waals surface area contributed by atoms with Gasteiger partial charge in [0.1, 0.15) is 6.33 Å². The lowest BCUT2D eigenvalue weighted by molar-refractivity contribution is 0.285. The van der Waals surface area contributed by atoms with Crippen LogP contribution in [0, 0.1) is 0 Å². The molecule has 1 N–H and O–H groups in total. The molecule has 3 aromatic rings. The second-order valence-electron chi connectivity index (χ2n) is 6.87. The molecule has 1 spiro atoms. The average Bonchev–Trinajstić information content (AvgIpc) is 3.04. The Hall–Kier alpha value is -2.43. The molecule has 0 saturated heterocycles. The van der Waals surface area contributed by atoms with Crippen molar-refractivity contribution in [1.29, 1.82) is 0 Å². The number of hydrogen-bond donors (Lipinski definition) is 1. The largest absolute Gasteiger partial charge is 0.268 e. The highest BCUT2D eigenvalue weighted by Gasteiger charge is 2.43. The fourth-order valence-corrected chi connectivity index (χ4v) is 4.55. The summed E-state index contributed by atoms with van der Waals surface area (Å²) in [5.41, 5.74) is 4.20. The maximum atomic E-state index is 13.2. The molecule has 116 valence electrons. The molecule has 1 aromatic carbocycles. The lowest BCUT2D eigenvalue weighted by Crippen LogP contribution is -2.41. The molecule has 1 fully saturated rings. The van der Waals surface area contributed by atoms with E-state index in [1.165, 1.54) is 24.8 Å². The van der Waals surface area contributed by atoms with Gasteiger partial charge in [0.2, 0.25) is 5.78 Å². The van der Waals surface area contributed by atoms with Crippen LogP contribution in [0.3, 0.4) is 0 Å². The Labute approximate surface area is 133 Å². The molecule has 0 bridgehead atoms. The number of fused-ring (bicyclic) bond motifs is 5. The van der Waals surface area contributed by atoms with E-state index in [2.05, 4.69) is 28.4 Å². The van der Waals surface area contributed by atoms with Crippen molar-refractivity contribution < 1.29 is 0 Å². The number of aromatic amines is 1. The summed E-state index contributed by atoms with van der Waals surface area (Å²) in [6, 6.07) is 8.38. The van der Waals surface area contributed by atoms with Gasteiger partial charge in [0.15, 0.2) is 0 Å². The summed E-state index contributed by atoms with van der Waals surface area (Å²) in [7, 11) is 0. The van der Waals surface area contributed by atoms with Crippen LogP contribution in [-0.4, -0.2) is 19.6 Å². The van der Waals surface area contributed by atoms with Crippen LogP contribution in [0.4, 0.5) is 0 Å². The van der Waals surface area contributed by atoms with Gasteiger partial charge in [-0.15, -0.1) is 0 Å². The van der Waals surface area contributed by atoms with Gasteiger partial charge in [-0.1, -0.05) is 43.5 Å². The molecule has 23 heavy (non-hydrogen) atoms. The van der Waals surface area contributed by atoms with Crippen molar-refractivity contribution in [3.8, 4) is 11.3 Å². The third-order valence-electron chi connectivity index (χ3n) is 5.60. The van der Waals surface area contributed by atoms with Crippen LogP contribution in [0.15, 0.2) is 35.4 Å². The van der Waals surface area contributed by atoms with E-state index in [-0.39, 0.29) is 11.0 Å². The standard InChI is InChI=1S/C18H18N4O/c23-16-14-15(20-17-21-19-11-22(16)17)13-7-3-2-6-12(13)10-18(14)8-4-1-5-9-18/h2-3,6-7,11H,1,4-5,8-10H2,(H,20,21). The van der Waals surface area contributed by atoms with Crippen molar-refractivity contribution in [3.05, 3.63) is 52.1 Å². The topological polar surface area (TPSA) is 63.0 Å². The number of aromatic nitrogens is 4. The first-order valence-electron chi connectivity index (χ1n) is 8.33. The molecule has 0 aliphatic heterocycles. The maximum Gasteiger partial charge on any atom is 0.264 e. The zero-order chi connectivity index (χ0) is 15.4. The number of benzene rings is 1. The minimum Gasteiger partial charge on any atom is -0.268 e. The molecule has 0 amide bonds. The van der Waals surface area contributed by atoms with Crippen LogP contribution in [0.5, 0.6) is 0 Å². The van der Waals surface area contributed by atoms with Crippen LogP contribution in [0.1, 0.15) is 43.2 Å². The first kappa shape index (κ1) is 13.0. The van der Waals surface area contributed by atoms with Gasteiger partial charge < -0.3 is 0 Å². The Balaban J connectivity index is 1.90. The van der Waals surface area contributed by atoms with Crippen molar-refractivity contribution in [2.75, 3.05) is 0 Å². The number of hydrogen-bond acceptors (Lipinski definition) is 3. The van der Waals surface area contributed by atoms with E-state index in [0.29, 0.717) is 5.78 Å². The molecule has 1 saturated carbocycles. The molecule has 0 unspecified atom stereocenters. The zero-order valence-corrected chi connectivity index (χ0v) is 12.9. The predicted molar refractivity (Wildman–Crippen MR) is 87.5 cm³/mol. The second-order valence-corrected chi connectivity index (χ2v) is 6.87. The summed E-state index contributed by atoms with van der Waals surface area (Å²) in [4.78, 5) is 18.0. The highest BCUT2D eigenvalue weighted by Crippen LogP contribution is 2.48. The van der Waals surface area contributed by atoms with E-state index in [4.69, 9.17) is 4.98 Å². The van der Waals surface area contributed by atoms with Gasteiger partial charge in [0.05, 0.1) is 11.3 Å². The lowest BCUT2D eigenvalue weighted by atomic mass is 9.62. The quantitative estimate of drug-likeness (QED) is 0.694. The number of rotatable bonds is 0. The molecule has 5 nitrogen and oxygen atoms in total. The van der Waals surface area contributed by atoms with Crippen LogP contribution in [-0.2, 0) is 11.8 Å². The molecule has 5 heteroatoms.